The third-order valence-corrected chi connectivity index (χ3v) is 1.65. The van der Waals surface area contributed by atoms with Crippen LogP contribution in [0.3, 0.4) is 0 Å². The van der Waals surface area contributed by atoms with Crippen LogP contribution >= 0.6 is 11.6 Å². The summed E-state index contributed by atoms with van der Waals surface area (Å²) in [6.07, 6.45) is 0. The molecule has 0 atom stereocenters. The molecular weight excluding hydrogens is 190 g/mol. The second-order valence-corrected chi connectivity index (χ2v) is 2.93. The maximum atomic E-state index is 11.2. The van der Waals surface area contributed by atoms with E-state index in [1.165, 1.54) is 12.1 Å². The number of halogens is 1. The summed E-state index contributed by atoms with van der Waals surface area (Å²) in [4.78, 5) is 11.2. The smallest absolute Gasteiger partial charge is 0.338 e. The van der Waals surface area contributed by atoms with Gasteiger partial charge in [0.15, 0.2) is 0 Å². The van der Waals surface area contributed by atoms with E-state index in [0.717, 1.165) is 0 Å². The number of esters is 1. The third-order valence-electron chi connectivity index (χ3n) is 1.43. The minimum Gasteiger partial charge on any atom is -0.462 e. The Hall–Kier alpha value is -1.22. The minimum atomic E-state index is -0.406. The number of hydrogen-bond acceptors (Lipinski definition) is 3. The molecule has 1 aromatic carbocycles. The van der Waals surface area contributed by atoms with Gasteiger partial charge in [-0.3, -0.25) is 0 Å². The van der Waals surface area contributed by atoms with Crippen LogP contribution < -0.4 is 5.73 Å². The van der Waals surface area contributed by atoms with E-state index in [-0.39, 0.29) is 0 Å². The Morgan fingerprint density at radius 2 is 2.23 bits per heavy atom. The number of carbonyl (C=O) groups is 1. The molecule has 70 valence electrons. The number of nitrogen functional groups attached to an aromatic ring is 1. The average Bonchev–Trinajstić information content (AvgIpc) is 2.03. The summed E-state index contributed by atoms with van der Waals surface area (Å²) < 4.78 is 4.78. The quantitative estimate of drug-likeness (QED) is 0.586. The predicted octanol–water partition coefficient (Wildman–Crippen LogP) is 2.10. The van der Waals surface area contributed by atoms with E-state index in [0.29, 0.717) is 22.9 Å². The predicted molar refractivity (Wildman–Crippen MR) is 51.8 cm³/mol. The van der Waals surface area contributed by atoms with Gasteiger partial charge in [0.2, 0.25) is 0 Å². The second-order valence-electron chi connectivity index (χ2n) is 2.49. The highest BCUT2D eigenvalue weighted by Crippen LogP contribution is 2.17. The lowest BCUT2D eigenvalue weighted by Gasteiger charge is -2.02. The maximum Gasteiger partial charge on any atom is 0.338 e. The maximum absolute atomic E-state index is 11.2. The molecule has 0 saturated carbocycles. The van der Waals surface area contributed by atoms with Crippen molar-refractivity contribution in [3.63, 3.8) is 0 Å². The highest BCUT2D eigenvalue weighted by atomic mass is 35.5. The van der Waals surface area contributed by atoms with Crippen LogP contribution in [0.5, 0.6) is 0 Å². The van der Waals surface area contributed by atoms with E-state index in [9.17, 15) is 4.79 Å². The molecule has 0 amide bonds. The monoisotopic (exact) mass is 199 g/mol. The van der Waals surface area contributed by atoms with E-state index in [1.807, 2.05) is 0 Å². The van der Waals surface area contributed by atoms with Gasteiger partial charge in [-0.2, -0.15) is 0 Å². The molecule has 0 heterocycles. The van der Waals surface area contributed by atoms with Crippen molar-refractivity contribution in [2.75, 3.05) is 12.3 Å². The van der Waals surface area contributed by atoms with Gasteiger partial charge in [0.25, 0.3) is 0 Å². The summed E-state index contributed by atoms with van der Waals surface area (Å²) in [5, 5.41) is 0.433. The fourth-order valence-corrected chi connectivity index (χ4v) is 1.19. The lowest BCUT2D eigenvalue weighted by molar-refractivity contribution is 0.0526. The summed E-state index contributed by atoms with van der Waals surface area (Å²) >= 11 is 5.71. The van der Waals surface area contributed by atoms with Gasteiger partial charge < -0.3 is 10.5 Å². The van der Waals surface area contributed by atoms with Crippen molar-refractivity contribution >= 4 is 23.3 Å². The molecule has 0 spiro atoms. The summed E-state index contributed by atoms with van der Waals surface area (Å²) in [6, 6.07) is 4.63. The van der Waals surface area contributed by atoms with Gasteiger partial charge in [-0.25, -0.2) is 4.79 Å². The molecule has 0 aromatic heterocycles. The van der Waals surface area contributed by atoms with Crippen molar-refractivity contribution in [1.29, 1.82) is 0 Å². The molecule has 0 radical (unpaired) electrons. The molecule has 0 unspecified atom stereocenters. The summed E-state index contributed by atoms with van der Waals surface area (Å²) in [6.45, 7) is 2.08. The van der Waals surface area contributed by atoms with Crippen LogP contribution in [0, 0.1) is 0 Å². The minimum absolute atomic E-state index is 0.339. The van der Waals surface area contributed by atoms with Gasteiger partial charge in [0, 0.05) is 10.7 Å². The van der Waals surface area contributed by atoms with Crippen LogP contribution in [0.1, 0.15) is 17.3 Å². The zero-order valence-electron chi connectivity index (χ0n) is 7.21. The first-order valence-corrected chi connectivity index (χ1v) is 4.24. The first kappa shape index (κ1) is 9.86. The molecule has 2 N–H and O–H groups in total. The number of anilines is 1. The fourth-order valence-electron chi connectivity index (χ4n) is 0.945. The lowest BCUT2D eigenvalue weighted by Crippen LogP contribution is -2.05. The van der Waals surface area contributed by atoms with E-state index >= 15 is 0 Å². The summed E-state index contributed by atoms with van der Waals surface area (Å²) in [5.41, 5.74) is 6.34. The van der Waals surface area contributed by atoms with E-state index < -0.39 is 5.97 Å². The van der Waals surface area contributed by atoms with Crippen molar-refractivity contribution in [2.24, 2.45) is 0 Å². The molecular formula is C9H10ClNO2. The van der Waals surface area contributed by atoms with Gasteiger partial charge in [-0.1, -0.05) is 11.6 Å². The van der Waals surface area contributed by atoms with E-state index in [4.69, 9.17) is 22.1 Å². The Kier molecular flexibility index (Phi) is 3.14. The normalized spacial score (nSPS) is 9.69. The number of nitrogens with two attached hydrogens (primary N) is 1. The number of hydrogen-bond donors (Lipinski definition) is 1. The van der Waals surface area contributed by atoms with Crippen LogP contribution in [-0.4, -0.2) is 12.6 Å². The molecule has 4 heteroatoms. The summed E-state index contributed by atoms with van der Waals surface area (Å²) in [7, 11) is 0. The van der Waals surface area contributed by atoms with E-state index in [2.05, 4.69) is 0 Å². The van der Waals surface area contributed by atoms with Crippen LogP contribution in [0.25, 0.3) is 0 Å². The van der Waals surface area contributed by atoms with Crippen LogP contribution in [0.15, 0.2) is 18.2 Å². The number of benzene rings is 1. The standard InChI is InChI=1S/C9H10ClNO2/c1-2-13-9(12)6-3-7(10)5-8(11)4-6/h3-5H,2,11H2,1H3. The second kappa shape index (κ2) is 4.14. The molecule has 0 aliphatic carbocycles. The van der Waals surface area contributed by atoms with Crippen LogP contribution in [-0.2, 0) is 4.74 Å². The topological polar surface area (TPSA) is 52.3 Å². The Morgan fingerprint density at radius 1 is 1.54 bits per heavy atom. The van der Waals surface area contributed by atoms with Crippen LogP contribution in [0.2, 0.25) is 5.02 Å². The molecule has 1 aromatic rings. The molecule has 0 saturated heterocycles. The molecule has 13 heavy (non-hydrogen) atoms. The molecule has 0 aliphatic heterocycles. The first-order valence-electron chi connectivity index (χ1n) is 3.86. The van der Waals surface area contributed by atoms with Gasteiger partial charge in [-0.15, -0.1) is 0 Å². The Labute approximate surface area is 81.4 Å². The molecule has 3 nitrogen and oxygen atoms in total. The van der Waals surface area contributed by atoms with Gasteiger partial charge >= 0.3 is 5.97 Å². The van der Waals surface area contributed by atoms with Crippen molar-refractivity contribution < 1.29 is 9.53 Å². The third kappa shape index (κ3) is 2.63. The van der Waals surface area contributed by atoms with Crippen LogP contribution in [0.4, 0.5) is 5.69 Å². The van der Waals surface area contributed by atoms with Crippen molar-refractivity contribution in [2.45, 2.75) is 6.92 Å². The van der Waals surface area contributed by atoms with Crippen molar-refractivity contribution in [3.8, 4) is 0 Å². The zero-order valence-corrected chi connectivity index (χ0v) is 7.97. The van der Waals surface area contributed by atoms with Crippen molar-refractivity contribution in [3.05, 3.63) is 28.8 Å². The number of rotatable bonds is 2. The molecule has 0 aliphatic rings. The first-order chi connectivity index (χ1) is 6.13. The van der Waals surface area contributed by atoms with Crippen molar-refractivity contribution in [1.82, 2.24) is 0 Å². The van der Waals surface area contributed by atoms with E-state index in [1.54, 1.807) is 13.0 Å². The highest BCUT2D eigenvalue weighted by molar-refractivity contribution is 6.31. The Bertz CT molecular complexity index is 305. The number of carbonyl (C=O) groups excluding carboxylic acids is 1. The largest absolute Gasteiger partial charge is 0.462 e. The molecule has 1 rings (SSSR count). The lowest BCUT2D eigenvalue weighted by atomic mass is 10.2. The van der Waals surface area contributed by atoms with Gasteiger partial charge in [0.1, 0.15) is 0 Å². The SMILES string of the molecule is CCOC(=O)c1cc(N)cc(Cl)c1. The Balaban J connectivity index is 2.94. The summed E-state index contributed by atoms with van der Waals surface area (Å²) in [5.74, 6) is -0.406. The molecule has 0 bridgehead atoms. The molecule has 0 fully saturated rings. The van der Waals surface area contributed by atoms with Gasteiger partial charge in [-0.05, 0) is 25.1 Å². The zero-order chi connectivity index (χ0) is 9.84. The average molecular weight is 200 g/mol. The highest BCUT2D eigenvalue weighted by Gasteiger charge is 2.07. The van der Waals surface area contributed by atoms with Gasteiger partial charge in [0.05, 0.1) is 12.2 Å². The Morgan fingerprint density at radius 3 is 2.77 bits per heavy atom. The fraction of sp³-hybridized carbons (Fsp3) is 0.222. The number of ether oxygens (including phenoxy) is 1.